The Kier molecular flexibility index (Phi) is 3.88. The van der Waals surface area contributed by atoms with Gasteiger partial charge in [0.2, 0.25) is 5.91 Å². The number of carbonyl (C=O) groups is 2. The number of carbonyl (C=O) groups excluding carboxylic acids is 1. The predicted octanol–water partition coefficient (Wildman–Crippen LogP) is -0.984. The molecule has 0 aliphatic carbocycles. The number of carboxylic acid groups (broad SMARTS) is 1. The number of nitrogens with zero attached hydrogens (tertiary/aromatic N) is 1. The van der Waals surface area contributed by atoms with Crippen LogP contribution >= 0.6 is 0 Å². The number of likely N-dealkylation sites (tertiary alicyclic amines) is 1. The molecule has 4 N–H and O–H groups in total. The summed E-state index contributed by atoms with van der Waals surface area (Å²) in [7, 11) is 0. The largest absolute Gasteiger partial charge is 0.480 e. The van der Waals surface area contributed by atoms with Gasteiger partial charge < -0.3 is 20.8 Å². The van der Waals surface area contributed by atoms with Crippen molar-refractivity contribution in [2.75, 3.05) is 6.54 Å². The molecule has 16 heavy (non-hydrogen) atoms. The zero-order chi connectivity index (χ0) is 12.5. The third-order valence-electron chi connectivity index (χ3n) is 2.85. The van der Waals surface area contributed by atoms with Crippen molar-refractivity contribution in [2.45, 2.75) is 38.5 Å². The Balaban J connectivity index is 2.78. The average Bonchev–Trinajstić information content (AvgIpc) is 2.58. The van der Waals surface area contributed by atoms with E-state index in [9.17, 15) is 14.7 Å². The molecule has 1 fully saturated rings. The number of aliphatic carboxylic acids is 1. The zero-order valence-electron chi connectivity index (χ0n) is 9.46. The number of carboxylic acids is 1. The van der Waals surface area contributed by atoms with Crippen LogP contribution in [0.4, 0.5) is 0 Å². The van der Waals surface area contributed by atoms with Crippen LogP contribution in [0.25, 0.3) is 0 Å². The number of β-amino-alcohol motifs (C(OH)–C–C–N with tert-alkyl or cyclic N) is 1. The maximum Gasteiger partial charge on any atom is 0.326 e. The van der Waals surface area contributed by atoms with Gasteiger partial charge in [-0.3, -0.25) is 4.79 Å². The predicted molar refractivity (Wildman–Crippen MR) is 56.6 cm³/mol. The minimum absolute atomic E-state index is 0.0518. The van der Waals surface area contributed by atoms with Crippen molar-refractivity contribution in [1.82, 2.24) is 4.90 Å². The summed E-state index contributed by atoms with van der Waals surface area (Å²) in [5, 5.41) is 18.3. The van der Waals surface area contributed by atoms with E-state index >= 15 is 0 Å². The van der Waals surface area contributed by atoms with Crippen LogP contribution < -0.4 is 5.73 Å². The van der Waals surface area contributed by atoms with E-state index in [1.807, 2.05) is 0 Å². The van der Waals surface area contributed by atoms with Gasteiger partial charge in [-0.15, -0.1) is 0 Å². The van der Waals surface area contributed by atoms with Crippen molar-refractivity contribution < 1.29 is 19.8 Å². The summed E-state index contributed by atoms with van der Waals surface area (Å²) in [6.45, 7) is 3.64. The van der Waals surface area contributed by atoms with Crippen LogP contribution in [0.5, 0.6) is 0 Å². The molecular weight excluding hydrogens is 212 g/mol. The van der Waals surface area contributed by atoms with Gasteiger partial charge in [0.05, 0.1) is 12.1 Å². The molecule has 0 aromatic carbocycles. The summed E-state index contributed by atoms with van der Waals surface area (Å²) in [6, 6.07) is -1.67. The van der Waals surface area contributed by atoms with E-state index in [0.717, 1.165) is 4.90 Å². The lowest BCUT2D eigenvalue weighted by Crippen LogP contribution is -2.50. The molecule has 0 aromatic heterocycles. The first-order chi connectivity index (χ1) is 7.34. The van der Waals surface area contributed by atoms with Gasteiger partial charge in [-0.05, 0) is 5.92 Å². The van der Waals surface area contributed by atoms with Crippen molar-refractivity contribution in [2.24, 2.45) is 11.7 Å². The lowest BCUT2D eigenvalue weighted by molar-refractivity contribution is -0.149. The highest BCUT2D eigenvalue weighted by molar-refractivity contribution is 5.87. The van der Waals surface area contributed by atoms with Gasteiger partial charge in [0.15, 0.2) is 0 Å². The van der Waals surface area contributed by atoms with Crippen molar-refractivity contribution in [3.05, 3.63) is 0 Å². The summed E-state index contributed by atoms with van der Waals surface area (Å²) >= 11 is 0. The molecule has 1 aliphatic heterocycles. The molecule has 0 bridgehead atoms. The molecule has 0 saturated carbocycles. The molecule has 1 rings (SSSR count). The molecular formula is C10H18N2O4. The van der Waals surface area contributed by atoms with Crippen molar-refractivity contribution in [1.29, 1.82) is 0 Å². The van der Waals surface area contributed by atoms with Gasteiger partial charge >= 0.3 is 5.97 Å². The van der Waals surface area contributed by atoms with Crippen molar-refractivity contribution >= 4 is 11.9 Å². The van der Waals surface area contributed by atoms with Crippen LogP contribution in [0.2, 0.25) is 0 Å². The van der Waals surface area contributed by atoms with Gasteiger partial charge in [-0.1, -0.05) is 13.8 Å². The normalized spacial score (nSPS) is 27.2. The van der Waals surface area contributed by atoms with Crippen LogP contribution in [0.1, 0.15) is 20.3 Å². The van der Waals surface area contributed by atoms with E-state index in [0.29, 0.717) is 0 Å². The molecule has 0 aromatic rings. The highest BCUT2D eigenvalue weighted by atomic mass is 16.4. The van der Waals surface area contributed by atoms with Gasteiger partial charge in [-0.2, -0.15) is 0 Å². The third-order valence-corrected chi connectivity index (χ3v) is 2.85. The fourth-order valence-electron chi connectivity index (χ4n) is 1.77. The SMILES string of the molecule is CC(C)[C@H](N)C(=O)N1CC(O)CC1C(=O)O. The lowest BCUT2D eigenvalue weighted by Gasteiger charge is -2.26. The van der Waals surface area contributed by atoms with E-state index < -0.39 is 30.1 Å². The Morgan fingerprint density at radius 1 is 1.44 bits per heavy atom. The minimum Gasteiger partial charge on any atom is -0.480 e. The van der Waals surface area contributed by atoms with E-state index in [1.165, 1.54) is 0 Å². The Labute approximate surface area is 94.0 Å². The summed E-state index contributed by atoms with van der Waals surface area (Å²) in [6.07, 6.45) is -0.698. The van der Waals surface area contributed by atoms with E-state index in [4.69, 9.17) is 10.8 Å². The van der Waals surface area contributed by atoms with Crippen LogP contribution in [-0.2, 0) is 9.59 Å². The number of amides is 1. The second-order valence-corrected chi connectivity index (χ2v) is 4.50. The number of nitrogens with two attached hydrogens (primary N) is 1. The lowest BCUT2D eigenvalue weighted by atomic mass is 10.0. The first kappa shape index (κ1) is 12.9. The highest BCUT2D eigenvalue weighted by Crippen LogP contribution is 2.20. The Bertz CT molecular complexity index is 293. The van der Waals surface area contributed by atoms with Crippen LogP contribution in [-0.4, -0.2) is 51.7 Å². The second kappa shape index (κ2) is 4.80. The quantitative estimate of drug-likeness (QED) is 0.578. The maximum atomic E-state index is 11.9. The summed E-state index contributed by atoms with van der Waals surface area (Å²) in [5.41, 5.74) is 5.68. The van der Waals surface area contributed by atoms with E-state index in [-0.39, 0.29) is 18.9 Å². The monoisotopic (exact) mass is 230 g/mol. The van der Waals surface area contributed by atoms with Gasteiger partial charge in [-0.25, -0.2) is 4.79 Å². The summed E-state index contributed by atoms with van der Waals surface area (Å²) in [5.74, 6) is -1.56. The summed E-state index contributed by atoms with van der Waals surface area (Å²) < 4.78 is 0. The fourth-order valence-corrected chi connectivity index (χ4v) is 1.77. The number of hydrogen-bond acceptors (Lipinski definition) is 4. The van der Waals surface area contributed by atoms with Gasteiger partial charge in [0, 0.05) is 13.0 Å². The maximum absolute atomic E-state index is 11.9. The first-order valence-electron chi connectivity index (χ1n) is 5.31. The van der Waals surface area contributed by atoms with E-state index in [2.05, 4.69) is 0 Å². The molecule has 3 atom stereocenters. The van der Waals surface area contributed by atoms with Gasteiger partial charge in [0.25, 0.3) is 0 Å². The molecule has 1 saturated heterocycles. The molecule has 92 valence electrons. The fraction of sp³-hybridized carbons (Fsp3) is 0.800. The van der Waals surface area contributed by atoms with Crippen LogP contribution in [0.3, 0.4) is 0 Å². The minimum atomic E-state index is -1.10. The third kappa shape index (κ3) is 2.51. The van der Waals surface area contributed by atoms with Crippen LogP contribution in [0, 0.1) is 5.92 Å². The number of rotatable bonds is 3. The standard InChI is InChI=1S/C10H18N2O4/c1-5(2)8(11)9(14)12-4-6(13)3-7(12)10(15)16/h5-8,13H,3-4,11H2,1-2H3,(H,15,16)/t6?,7?,8-/m0/s1. The van der Waals surface area contributed by atoms with E-state index in [1.54, 1.807) is 13.8 Å². The van der Waals surface area contributed by atoms with Gasteiger partial charge in [0.1, 0.15) is 6.04 Å². The molecule has 1 aliphatic rings. The molecule has 6 heteroatoms. The molecule has 2 unspecified atom stereocenters. The topological polar surface area (TPSA) is 104 Å². The van der Waals surface area contributed by atoms with Crippen molar-refractivity contribution in [3.8, 4) is 0 Å². The second-order valence-electron chi connectivity index (χ2n) is 4.50. The molecule has 1 heterocycles. The summed E-state index contributed by atoms with van der Waals surface area (Å²) in [4.78, 5) is 23.9. The number of aliphatic hydroxyl groups excluding tert-OH is 1. The molecule has 6 nitrogen and oxygen atoms in total. The molecule has 1 amide bonds. The first-order valence-corrected chi connectivity index (χ1v) is 5.31. The molecule has 0 spiro atoms. The number of aliphatic hydroxyl groups is 1. The highest BCUT2D eigenvalue weighted by Gasteiger charge is 2.40. The Morgan fingerprint density at radius 2 is 2.00 bits per heavy atom. The van der Waals surface area contributed by atoms with Crippen LogP contribution in [0.15, 0.2) is 0 Å². The zero-order valence-corrected chi connectivity index (χ0v) is 9.46. The smallest absolute Gasteiger partial charge is 0.326 e. The van der Waals surface area contributed by atoms with Crippen molar-refractivity contribution in [3.63, 3.8) is 0 Å². The molecule has 0 radical (unpaired) electrons. The average molecular weight is 230 g/mol. The number of hydrogen-bond donors (Lipinski definition) is 3. The Hall–Kier alpha value is -1.14. The Morgan fingerprint density at radius 3 is 2.44 bits per heavy atom.